The molecule has 128 valence electrons. The first kappa shape index (κ1) is 17.0. The first-order valence-electron chi connectivity index (χ1n) is 7.91. The minimum atomic E-state index is -0.263. The van der Waals surface area contributed by atoms with Crippen molar-refractivity contribution in [3.8, 4) is 0 Å². The number of benzene rings is 1. The Kier molecular flexibility index (Phi) is 5.14. The third kappa shape index (κ3) is 3.81. The summed E-state index contributed by atoms with van der Waals surface area (Å²) in [6, 6.07) is 9.26. The van der Waals surface area contributed by atoms with Crippen molar-refractivity contribution in [3.05, 3.63) is 78.5 Å². The molecular formula is C20H17N5O. The number of hydrogen-bond donors (Lipinski definition) is 3. The van der Waals surface area contributed by atoms with E-state index in [0.717, 1.165) is 22.6 Å². The summed E-state index contributed by atoms with van der Waals surface area (Å²) in [5.74, 6) is -0.263. The third-order valence-electron chi connectivity index (χ3n) is 3.82. The Morgan fingerprint density at radius 1 is 1.08 bits per heavy atom. The number of carbonyl (C=O) groups is 1. The zero-order valence-electron chi connectivity index (χ0n) is 13.9. The Labute approximate surface area is 150 Å². The maximum absolute atomic E-state index is 12.2. The van der Waals surface area contributed by atoms with Gasteiger partial charge < -0.3 is 16.5 Å². The van der Waals surface area contributed by atoms with Crippen LogP contribution in [0.3, 0.4) is 0 Å². The van der Waals surface area contributed by atoms with Crippen LogP contribution < -0.4 is 11.1 Å². The van der Waals surface area contributed by atoms with Crippen LogP contribution in [0.1, 0.15) is 11.1 Å². The van der Waals surface area contributed by atoms with Gasteiger partial charge in [0.15, 0.2) is 0 Å². The van der Waals surface area contributed by atoms with Crippen LogP contribution in [-0.2, 0) is 4.79 Å². The first-order valence-corrected chi connectivity index (χ1v) is 7.91. The van der Waals surface area contributed by atoms with Crippen molar-refractivity contribution < 1.29 is 4.79 Å². The van der Waals surface area contributed by atoms with E-state index in [0.29, 0.717) is 16.8 Å². The highest BCUT2D eigenvalue weighted by Gasteiger charge is 2.05. The third-order valence-corrected chi connectivity index (χ3v) is 3.82. The predicted molar refractivity (Wildman–Crippen MR) is 105 cm³/mol. The summed E-state index contributed by atoms with van der Waals surface area (Å²) < 4.78 is 0. The monoisotopic (exact) mass is 343 g/mol. The van der Waals surface area contributed by atoms with Crippen molar-refractivity contribution >= 4 is 40.2 Å². The standard InChI is InChI=1S/C20H17N5O/c21-10-17(11-22)19-6-8-24-13-16(19)2-4-20(26)25-18-3-1-15-12-23-7-5-14(15)9-18/h1-13,21H,22H2,(H,25,26)/b4-2+,17-11?,21-10?. The van der Waals surface area contributed by atoms with Crippen LogP contribution in [0.25, 0.3) is 22.4 Å². The van der Waals surface area contributed by atoms with Gasteiger partial charge in [-0.1, -0.05) is 6.07 Å². The van der Waals surface area contributed by atoms with E-state index >= 15 is 0 Å². The second kappa shape index (κ2) is 7.85. The first-order chi connectivity index (χ1) is 12.7. The molecule has 0 aliphatic carbocycles. The molecule has 0 aliphatic rings. The van der Waals surface area contributed by atoms with Crippen LogP contribution in [0.15, 0.2) is 67.4 Å². The maximum atomic E-state index is 12.2. The zero-order chi connectivity index (χ0) is 18.4. The van der Waals surface area contributed by atoms with E-state index in [1.807, 2.05) is 24.3 Å². The van der Waals surface area contributed by atoms with E-state index in [9.17, 15) is 4.79 Å². The van der Waals surface area contributed by atoms with Crippen LogP contribution in [0.5, 0.6) is 0 Å². The lowest BCUT2D eigenvalue weighted by Gasteiger charge is -2.06. The Balaban J connectivity index is 1.78. The summed E-state index contributed by atoms with van der Waals surface area (Å²) in [6.07, 6.45) is 12.3. The van der Waals surface area contributed by atoms with Gasteiger partial charge in [0, 0.05) is 65.5 Å². The van der Waals surface area contributed by atoms with Gasteiger partial charge in [-0.2, -0.15) is 0 Å². The van der Waals surface area contributed by atoms with Crippen LogP contribution >= 0.6 is 0 Å². The fourth-order valence-electron chi connectivity index (χ4n) is 2.53. The van der Waals surface area contributed by atoms with E-state index < -0.39 is 0 Å². The van der Waals surface area contributed by atoms with Crippen LogP contribution in [0.4, 0.5) is 5.69 Å². The molecule has 0 atom stereocenters. The molecule has 0 radical (unpaired) electrons. The number of nitrogens with two attached hydrogens (primary N) is 1. The van der Waals surface area contributed by atoms with Crippen LogP contribution in [-0.4, -0.2) is 22.1 Å². The molecule has 6 nitrogen and oxygen atoms in total. The van der Waals surface area contributed by atoms with Gasteiger partial charge in [0.2, 0.25) is 5.91 Å². The predicted octanol–water partition coefficient (Wildman–Crippen LogP) is 3.23. The van der Waals surface area contributed by atoms with Gasteiger partial charge in [0.1, 0.15) is 0 Å². The van der Waals surface area contributed by atoms with E-state index in [4.69, 9.17) is 11.1 Å². The van der Waals surface area contributed by atoms with Crippen molar-refractivity contribution in [1.82, 2.24) is 9.97 Å². The number of anilines is 1. The zero-order valence-corrected chi connectivity index (χ0v) is 13.9. The minimum absolute atomic E-state index is 0.263. The molecule has 4 N–H and O–H groups in total. The molecular weight excluding hydrogens is 326 g/mol. The highest BCUT2D eigenvalue weighted by atomic mass is 16.1. The number of pyridine rings is 2. The summed E-state index contributed by atoms with van der Waals surface area (Å²) >= 11 is 0. The molecule has 1 aromatic carbocycles. The summed E-state index contributed by atoms with van der Waals surface area (Å²) in [5.41, 5.74) is 8.24. The van der Waals surface area contributed by atoms with E-state index in [1.165, 1.54) is 12.3 Å². The Morgan fingerprint density at radius 2 is 1.88 bits per heavy atom. The van der Waals surface area contributed by atoms with E-state index in [2.05, 4.69) is 15.3 Å². The van der Waals surface area contributed by atoms with Crippen molar-refractivity contribution in [1.29, 1.82) is 5.41 Å². The smallest absolute Gasteiger partial charge is 0.248 e. The van der Waals surface area contributed by atoms with Crippen LogP contribution in [0.2, 0.25) is 0 Å². The van der Waals surface area contributed by atoms with Gasteiger partial charge in [-0.15, -0.1) is 0 Å². The molecule has 3 rings (SSSR count). The average molecular weight is 343 g/mol. The van der Waals surface area contributed by atoms with Crippen LogP contribution in [0, 0.1) is 5.41 Å². The molecule has 26 heavy (non-hydrogen) atoms. The second-order valence-corrected chi connectivity index (χ2v) is 5.49. The molecule has 3 aromatic rings. The summed E-state index contributed by atoms with van der Waals surface area (Å²) in [5, 5.41) is 12.3. The van der Waals surface area contributed by atoms with Gasteiger partial charge in [-0.25, -0.2) is 0 Å². The number of hydrogen-bond acceptors (Lipinski definition) is 5. The lowest BCUT2D eigenvalue weighted by atomic mass is 10.0. The number of amides is 1. The van der Waals surface area contributed by atoms with Crippen molar-refractivity contribution in [2.24, 2.45) is 5.73 Å². The molecule has 0 unspecified atom stereocenters. The molecule has 0 bridgehead atoms. The fourth-order valence-corrected chi connectivity index (χ4v) is 2.53. The lowest BCUT2D eigenvalue weighted by molar-refractivity contribution is -0.111. The highest BCUT2D eigenvalue weighted by Crippen LogP contribution is 2.19. The van der Waals surface area contributed by atoms with Gasteiger partial charge in [0.25, 0.3) is 0 Å². The SMILES string of the molecule is N=CC(=CN)c1ccncc1/C=C/C(=O)Nc1ccc2cnccc2c1. The molecule has 0 aliphatic heterocycles. The number of allylic oxidation sites excluding steroid dienone is 1. The van der Waals surface area contributed by atoms with Crippen molar-refractivity contribution in [2.75, 3.05) is 5.32 Å². The number of fused-ring (bicyclic) bond motifs is 1. The number of carbonyl (C=O) groups excluding carboxylic acids is 1. The number of aromatic nitrogens is 2. The Hall–Kier alpha value is -3.80. The van der Waals surface area contributed by atoms with Crippen molar-refractivity contribution in [3.63, 3.8) is 0 Å². The molecule has 0 saturated heterocycles. The van der Waals surface area contributed by atoms with Crippen molar-refractivity contribution in [2.45, 2.75) is 0 Å². The largest absolute Gasteiger partial charge is 0.404 e. The Bertz CT molecular complexity index is 1020. The number of rotatable bonds is 5. The topological polar surface area (TPSA) is 105 Å². The second-order valence-electron chi connectivity index (χ2n) is 5.49. The normalized spacial score (nSPS) is 11.6. The van der Waals surface area contributed by atoms with Gasteiger partial charge >= 0.3 is 0 Å². The van der Waals surface area contributed by atoms with E-state index in [1.54, 1.807) is 36.9 Å². The molecule has 6 heteroatoms. The lowest BCUT2D eigenvalue weighted by Crippen LogP contribution is -2.07. The molecule has 1 amide bonds. The molecule has 0 saturated carbocycles. The number of nitrogens with zero attached hydrogens (tertiary/aromatic N) is 2. The number of nitrogens with one attached hydrogen (secondary N) is 2. The minimum Gasteiger partial charge on any atom is -0.404 e. The summed E-state index contributed by atoms with van der Waals surface area (Å²) in [6.45, 7) is 0. The molecule has 2 aromatic heterocycles. The Morgan fingerprint density at radius 3 is 2.69 bits per heavy atom. The maximum Gasteiger partial charge on any atom is 0.248 e. The molecule has 0 spiro atoms. The van der Waals surface area contributed by atoms with Gasteiger partial charge in [-0.3, -0.25) is 14.8 Å². The van der Waals surface area contributed by atoms with Gasteiger partial charge in [0.05, 0.1) is 0 Å². The fraction of sp³-hybridized carbons (Fsp3) is 0. The van der Waals surface area contributed by atoms with Gasteiger partial charge in [-0.05, 0) is 41.3 Å². The average Bonchev–Trinajstić information content (AvgIpc) is 2.68. The molecule has 2 heterocycles. The summed E-state index contributed by atoms with van der Waals surface area (Å²) in [4.78, 5) is 20.4. The highest BCUT2D eigenvalue weighted by molar-refractivity contribution is 6.10. The summed E-state index contributed by atoms with van der Waals surface area (Å²) in [7, 11) is 0. The molecule has 0 fully saturated rings. The van der Waals surface area contributed by atoms with E-state index in [-0.39, 0.29) is 5.91 Å². The quantitative estimate of drug-likeness (QED) is 0.488.